The smallest absolute Gasteiger partial charge is 0.119 e. The molecule has 0 radical (unpaired) electrons. The topological polar surface area (TPSA) is 67.9 Å². The van der Waals surface area contributed by atoms with E-state index >= 15 is 0 Å². The molecule has 0 aliphatic heterocycles. The maximum atomic E-state index is 5.95. The predicted molar refractivity (Wildman–Crippen MR) is 209 cm³/mol. The summed E-state index contributed by atoms with van der Waals surface area (Å²) in [4.78, 5) is 0. The van der Waals surface area contributed by atoms with Crippen LogP contribution in [0.25, 0.3) is 0 Å². The van der Waals surface area contributed by atoms with Crippen LogP contribution < -0.4 is 9.47 Å². The Morgan fingerprint density at radius 2 is 0.700 bits per heavy atom. The van der Waals surface area contributed by atoms with Crippen molar-refractivity contribution in [2.24, 2.45) is 20.5 Å². The van der Waals surface area contributed by atoms with Crippen molar-refractivity contribution in [3.05, 3.63) is 108 Å². The van der Waals surface area contributed by atoms with Crippen LogP contribution in [0.4, 0.5) is 22.7 Å². The number of unbranched alkanes of at least 4 members (excludes halogenated alkanes) is 12. The maximum Gasteiger partial charge on any atom is 0.119 e. The molecule has 50 heavy (non-hydrogen) atoms. The summed E-state index contributed by atoms with van der Waals surface area (Å²) in [5.74, 6) is 1.79. The molecule has 0 aliphatic carbocycles. The monoisotopic (exact) mass is 674 g/mol. The third kappa shape index (κ3) is 15.9. The van der Waals surface area contributed by atoms with Gasteiger partial charge in [0.05, 0.1) is 36.0 Å². The first-order valence-electron chi connectivity index (χ1n) is 19.2. The lowest BCUT2D eigenvalue weighted by Gasteiger charge is -2.07. The molecule has 0 saturated carbocycles. The Labute approximate surface area is 301 Å². The van der Waals surface area contributed by atoms with Gasteiger partial charge in [0.1, 0.15) is 11.5 Å². The van der Waals surface area contributed by atoms with Gasteiger partial charge in [-0.2, -0.15) is 20.5 Å². The zero-order chi connectivity index (χ0) is 34.9. The molecule has 0 amide bonds. The molecule has 0 fully saturated rings. The van der Waals surface area contributed by atoms with Crippen LogP contribution in [-0.4, -0.2) is 13.2 Å². The molecule has 266 valence electrons. The molecule has 0 N–H and O–H groups in total. The Morgan fingerprint density at radius 1 is 0.360 bits per heavy atom. The van der Waals surface area contributed by atoms with E-state index in [2.05, 4.69) is 70.7 Å². The summed E-state index contributed by atoms with van der Waals surface area (Å²) in [6, 6.07) is 32.4. The summed E-state index contributed by atoms with van der Waals surface area (Å²) in [6.07, 6.45) is 19.8. The minimum absolute atomic E-state index is 0.760. The van der Waals surface area contributed by atoms with Crippen molar-refractivity contribution in [3.63, 3.8) is 0 Å². The highest BCUT2D eigenvalue weighted by Crippen LogP contribution is 2.24. The van der Waals surface area contributed by atoms with Gasteiger partial charge in [0.2, 0.25) is 0 Å². The number of rotatable bonds is 25. The average molecular weight is 675 g/mol. The fourth-order valence-electron chi connectivity index (χ4n) is 5.73. The molecule has 0 aromatic heterocycles. The summed E-state index contributed by atoms with van der Waals surface area (Å²) in [5, 5.41) is 17.5. The molecule has 6 heteroatoms. The Bertz CT molecular complexity index is 1500. The summed E-state index contributed by atoms with van der Waals surface area (Å²) >= 11 is 0. The standard InChI is InChI=1S/C44H58N4O2/c1-3-5-6-15-18-38-21-25-40(26-22-38)46-48-42-29-33-44(34-30-42)50-36-17-14-12-10-8-7-9-11-13-16-35-49-43-31-27-41(28-32-43)47-45-39-23-19-37(4-2)20-24-39/h19-34H,3-18,35-36H2,1-2H3. The highest BCUT2D eigenvalue weighted by molar-refractivity contribution is 5.44. The van der Waals surface area contributed by atoms with Gasteiger partial charge in [0.25, 0.3) is 0 Å². The highest BCUT2D eigenvalue weighted by Gasteiger charge is 2.00. The lowest BCUT2D eigenvalue weighted by atomic mass is 10.1. The summed E-state index contributed by atoms with van der Waals surface area (Å²) < 4.78 is 11.9. The number of hydrogen-bond donors (Lipinski definition) is 0. The van der Waals surface area contributed by atoms with Crippen molar-refractivity contribution in [1.29, 1.82) is 0 Å². The number of aryl methyl sites for hydroxylation is 2. The molecule has 0 aliphatic rings. The Kier molecular flexibility index (Phi) is 18.4. The number of azo groups is 2. The van der Waals surface area contributed by atoms with Crippen molar-refractivity contribution in [1.82, 2.24) is 0 Å². The van der Waals surface area contributed by atoms with Crippen molar-refractivity contribution in [2.45, 2.75) is 117 Å². The van der Waals surface area contributed by atoms with Crippen LogP contribution in [0.1, 0.15) is 115 Å². The zero-order valence-corrected chi connectivity index (χ0v) is 30.6. The van der Waals surface area contributed by atoms with Crippen molar-refractivity contribution in [3.8, 4) is 11.5 Å². The first-order chi connectivity index (χ1) is 24.7. The number of benzene rings is 4. The summed E-state index contributed by atoms with van der Waals surface area (Å²) in [7, 11) is 0. The van der Waals surface area contributed by atoms with Crippen LogP contribution in [0, 0.1) is 0 Å². The van der Waals surface area contributed by atoms with Gasteiger partial charge in [-0.05, 0) is 116 Å². The van der Waals surface area contributed by atoms with E-state index in [1.54, 1.807) is 0 Å². The first-order valence-corrected chi connectivity index (χ1v) is 19.2. The quantitative estimate of drug-likeness (QED) is 0.0518. The van der Waals surface area contributed by atoms with Gasteiger partial charge in [-0.25, -0.2) is 0 Å². The van der Waals surface area contributed by atoms with Gasteiger partial charge < -0.3 is 9.47 Å². The molecule has 0 bridgehead atoms. The SMILES string of the molecule is CCCCCCc1ccc(N=Nc2ccc(OCCCCCCCCCCCCOc3ccc(N=Nc4ccc(CC)cc4)cc3)cc2)cc1. The van der Waals surface area contributed by atoms with Crippen LogP contribution in [-0.2, 0) is 12.8 Å². The van der Waals surface area contributed by atoms with E-state index in [9.17, 15) is 0 Å². The maximum absolute atomic E-state index is 5.95. The number of nitrogens with zero attached hydrogens (tertiary/aromatic N) is 4. The van der Waals surface area contributed by atoms with E-state index in [-0.39, 0.29) is 0 Å². The van der Waals surface area contributed by atoms with E-state index in [4.69, 9.17) is 9.47 Å². The van der Waals surface area contributed by atoms with Crippen LogP contribution in [0.15, 0.2) is 118 Å². The van der Waals surface area contributed by atoms with Gasteiger partial charge >= 0.3 is 0 Å². The lowest BCUT2D eigenvalue weighted by molar-refractivity contribution is 0.303. The summed E-state index contributed by atoms with van der Waals surface area (Å²) in [6.45, 7) is 5.92. The lowest BCUT2D eigenvalue weighted by Crippen LogP contribution is -1.97. The van der Waals surface area contributed by atoms with Gasteiger partial charge in [-0.1, -0.05) is 109 Å². The van der Waals surface area contributed by atoms with E-state index < -0.39 is 0 Å². The van der Waals surface area contributed by atoms with Crippen LogP contribution in [0.5, 0.6) is 11.5 Å². The van der Waals surface area contributed by atoms with Crippen molar-refractivity contribution < 1.29 is 9.47 Å². The van der Waals surface area contributed by atoms with E-state index in [1.807, 2.05) is 60.7 Å². The van der Waals surface area contributed by atoms with E-state index in [0.717, 1.165) is 73.1 Å². The normalized spacial score (nSPS) is 11.5. The molecule has 4 aromatic rings. The summed E-state index contributed by atoms with van der Waals surface area (Å²) in [5.41, 5.74) is 6.10. The van der Waals surface area contributed by atoms with Gasteiger partial charge in [0, 0.05) is 0 Å². The van der Waals surface area contributed by atoms with Crippen molar-refractivity contribution in [2.75, 3.05) is 13.2 Å². The molecule has 0 atom stereocenters. The fraction of sp³-hybridized carbons (Fsp3) is 0.455. The van der Waals surface area contributed by atoms with E-state index in [1.165, 1.54) is 88.2 Å². The molecular weight excluding hydrogens is 617 g/mol. The van der Waals surface area contributed by atoms with Crippen LogP contribution in [0.3, 0.4) is 0 Å². The molecule has 0 heterocycles. The zero-order valence-electron chi connectivity index (χ0n) is 30.6. The predicted octanol–water partition coefficient (Wildman–Crippen LogP) is 14.6. The third-order valence-electron chi connectivity index (χ3n) is 8.91. The molecule has 4 aromatic carbocycles. The molecular formula is C44H58N4O2. The molecule has 0 saturated heterocycles. The second-order valence-corrected chi connectivity index (χ2v) is 13.1. The fourth-order valence-corrected chi connectivity index (χ4v) is 5.73. The van der Waals surface area contributed by atoms with Crippen LogP contribution >= 0.6 is 0 Å². The minimum Gasteiger partial charge on any atom is -0.494 e. The Hall–Kier alpha value is -4.32. The minimum atomic E-state index is 0.760. The van der Waals surface area contributed by atoms with E-state index in [0.29, 0.717) is 0 Å². The van der Waals surface area contributed by atoms with Gasteiger partial charge in [0.15, 0.2) is 0 Å². The second kappa shape index (κ2) is 23.9. The third-order valence-corrected chi connectivity index (χ3v) is 8.91. The van der Waals surface area contributed by atoms with Gasteiger partial charge in [-0.15, -0.1) is 0 Å². The molecule has 4 rings (SSSR count). The second-order valence-electron chi connectivity index (χ2n) is 13.1. The Morgan fingerprint density at radius 3 is 1.08 bits per heavy atom. The van der Waals surface area contributed by atoms with Crippen molar-refractivity contribution >= 4 is 22.7 Å². The Balaban J connectivity index is 0.940. The average Bonchev–Trinajstić information content (AvgIpc) is 3.16. The number of ether oxygens (including phenoxy) is 2. The highest BCUT2D eigenvalue weighted by atomic mass is 16.5. The molecule has 0 unspecified atom stereocenters. The first kappa shape index (κ1) is 38.5. The molecule has 0 spiro atoms. The van der Waals surface area contributed by atoms with Crippen LogP contribution in [0.2, 0.25) is 0 Å². The largest absolute Gasteiger partial charge is 0.494 e. The molecule has 6 nitrogen and oxygen atoms in total. The van der Waals surface area contributed by atoms with Gasteiger partial charge in [-0.3, -0.25) is 0 Å². The number of hydrogen-bond acceptors (Lipinski definition) is 6.